The lowest BCUT2D eigenvalue weighted by Gasteiger charge is -2.17. The number of rotatable bonds is 9. The molecule has 3 rings (SSSR count). The molecule has 0 spiro atoms. The summed E-state index contributed by atoms with van der Waals surface area (Å²) in [7, 11) is 0. The minimum Gasteiger partial charge on any atom is -0.465 e. The fraction of sp³-hybridized carbons (Fsp3) is 0.276. The van der Waals surface area contributed by atoms with Gasteiger partial charge in [0.05, 0.1) is 13.2 Å². The molecule has 0 bridgehead atoms. The van der Waals surface area contributed by atoms with Crippen molar-refractivity contribution in [2.45, 2.75) is 33.2 Å². The van der Waals surface area contributed by atoms with Crippen molar-refractivity contribution in [2.24, 2.45) is 5.92 Å². The number of carbonyl (C=O) groups excluding carboxylic acids is 3. The minimum atomic E-state index is -0.823. The van der Waals surface area contributed by atoms with Gasteiger partial charge in [-0.3, -0.25) is 23.7 Å². The van der Waals surface area contributed by atoms with Crippen LogP contribution >= 0.6 is 0 Å². The van der Waals surface area contributed by atoms with Gasteiger partial charge in [0.2, 0.25) is 0 Å². The van der Waals surface area contributed by atoms with Gasteiger partial charge in [0.15, 0.2) is 0 Å². The molecule has 1 aromatic heterocycles. The van der Waals surface area contributed by atoms with Crippen molar-refractivity contribution in [1.29, 1.82) is 0 Å². The fourth-order valence-corrected chi connectivity index (χ4v) is 3.58. The average Bonchev–Trinajstić information content (AvgIpc) is 2.91. The summed E-state index contributed by atoms with van der Waals surface area (Å²) >= 11 is 0. The number of hydrogen-bond acceptors (Lipinski definition) is 7. The molecular formula is C29H28N2O7. The first-order chi connectivity index (χ1) is 18.3. The molecule has 0 saturated heterocycles. The lowest BCUT2D eigenvalue weighted by molar-refractivity contribution is -0.146. The van der Waals surface area contributed by atoms with Crippen LogP contribution in [0.1, 0.15) is 41.8 Å². The molecule has 9 nitrogen and oxygen atoms in total. The summed E-state index contributed by atoms with van der Waals surface area (Å²) in [5, 5.41) is 0. The summed E-state index contributed by atoms with van der Waals surface area (Å²) < 4.78 is 11.9. The molecule has 0 amide bonds. The zero-order valence-electron chi connectivity index (χ0n) is 21.2. The Hall–Kier alpha value is -4.71. The summed E-state index contributed by atoms with van der Waals surface area (Å²) in [6.07, 6.45) is 1.96. The van der Waals surface area contributed by atoms with Gasteiger partial charge < -0.3 is 9.47 Å². The Morgan fingerprint density at radius 3 is 2.03 bits per heavy atom. The van der Waals surface area contributed by atoms with Crippen molar-refractivity contribution in [3.63, 3.8) is 0 Å². The van der Waals surface area contributed by atoms with E-state index >= 15 is 0 Å². The van der Waals surface area contributed by atoms with Crippen LogP contribution in [0, 0.1) is 17.8 Å². The smallest absolute Gasteiger partial charge is 0.338 e. The molecule has 0 saturated carbocycles. The minimum absolute atomic E-state index is 0.0127. The monoisotopic (exact) mass is 516 g/mol. The third-order valence-corrected chi connectivity index (χ3v) is 5.56. The van der Waals surface area contributed by atoms with Crippen LogP contribution in [0.3, 0.4) is 0 Å². The van der Waals surface area contributed by atoms with E-state index in [1.165, 1.54) is 36.7 Å². The number of nitrogens with zero attached hydrogens (tertiary/aromatic N) is 2. The predicted molar refractivity (Wildman–Crippen MR) is 140 cm³/mol. The second kappa shape index (κ2) is 13.6. The van der Waals surface area contributed by atoms with Crippen molar-refractivity contribution in [1.82, 2.24) is 9.13 Å². The molecule has 1 heterocycles. The van der Waals surface area contributed by atoms with Gasteiger partial charge in [-0.05, 0) is 24.1 Å². The topological polar surface area (TPSA) is 114 Å². The predicted octanol–water partition coefficient (Wildman–Crippen LogP) is 2.43. The highest BCUT2D eigenvalue weighted by molar-refractivity contribution is 5.95. The van der Waals surface area contributed by atoms with Gasteiger partial charge in [0, 0.05) is 44.5 Å². The van der Waals surface area contributed by atoms with Gasteiger partial charge in [-0.25, -0.2) is 4.79 Å². The zero-order chi connectivity index (χ0) is 27.5. The van der Waals surface area contributed by atoms with E-state index in [-0.39, 0.29) is 37.3 Å². The maximum absolute atomic E-state index is 13.3. The quantitative estimate of drug-likeness (QED) is 0.317. The zero-order valence-corrected chi connectivity index (χ0v) is 21.2. The Bertz CT molecular complexity index is 1440. The molecule has 0 radical (unpaired) electrons. The Morgan fingerprint density at radius 2 is 1.45 bits per heavy atom. The van der Waals surface area contributed by atoms with E-state index in [1.54, 1.807) is 18.2 Å². The number of aromatic nitrogens is 2. The van der Waals surface area contributed by atoms with E-state index in [1.807, 2.05) is 30.3 Å². The van der Waals surface area contributed by atoms with Gasteiger partial charge in [0.25, 0.3) is 11.5 Å². The summed E-state index contributed by atoms with van der Waals surface area (Å²) in [5.41, 5.74) is -0.516. The third kappa shape index (κ3) is 7.90. The molecule has 2 aromatic carbocycles. The van der Waals surface area contributed by atoms with Gasteiger partial charge >= 0.3 is 17.6 Å². The molecule has 0 aliphatic heterocycles. The van der Waals surface area contributed by atoms with Gasteiger partial charge in [0.1, 0.15) is 5.56 Å². The number of hydrogen-bond donors (Lipinski definition) is 0. The van der Waals surface area contributed by atoms with E-state index in [0.717, 1.165) is 5.56 Å². The van der Waals surface area contributed by atoms with Crippen LogP contribution in [0.15, 0.2) is 76.4 Å². The number of esters is 2. The van der Waals surface area contributed by atoms with Crippen molar-refractivity contribution < 1.29 is 23.9 Å². The van der Waals surface area contributed by atoms with Crippen molar-refractivity contribution >= 4 is 17.8 Å². The number of carbonyl (C=O) groups is 3. The van der Waals surface area contributed by atoms with E-state index in [2.05, 4.69) is 11.8 Å². The summed E-state index contributed by atoms with van der Waals surface area (Å²) in [6, 6.07) is 17.5. The largest absolute Gasteiger partial charge is 0.465 e. The van der Waals surface area contributed by atoms with Crippen LogP contribution in [0.5, 0.6) is 0 Å². The first-order valence-electron chi connectivity index (χ1n) is 12.0. The normalized spacial score (nSPS) is 10.4. The molecule has 0 atom stereocenters. The van der Waals surface area contributed by atoms with E-state index in [4.69, 9.17) is 9.47 Å². The van der Waals surface area contributed by atoms with E-state index in [0.29, 0.717) is 11.0 Å². The number of aryl methyl sites for hydroxylation is 1. The molecule has 0 N–H and O–H groups in total. The van der Waals surface area contributed by atoms with Crippen LogP contribution in [0.4, 0.5) is 0 Å². The maximum atomic E-state index is 13.3. The highest BCUT2D eigenvalue weighted by Gasteiger charge is 2.20. The molecule has 0 aliphatic rings. The first kappa shape index (κ1) is 27.9. The fourth-order valence-electron chi connectivity index (χ4n) is 3.58. The molecule has 196 valence electrons. The van der Waals surface area contributed by atoms with Crippen LogP contribution in [0.2, 0.25) is 0 Å². The Morgan fingerprint density at radius 1 is 0.868 bits per heavy atom. The number of ether oxygens (including phenoxy) is 2. The SMILES string of the molecule is CC(=O)OCC(CCn1cc(C#CCc2ccccc2)c(=O)n(C(=O)c2ccccc2)c1=O)COC(C)=O. The highest BCUT2D eigenvalue weighted by atomic mass is 16.5. The molecule has 0 aliphatic carbocycles. The molecule has 9 heteroatoms. The standard InChI is InChI=1S/C29H28N2O7/c1-21(32)37-19-24(20-38-22(2)33)16-17-30-18-26(15-9-12-23-10-5-3-6-11-23)28(35)31(29(30)36)27(34)25-13-7-4-8-14-25/h3-8,10-11,13-14,18,24H,12,16-17,19-20H2,1-2H3. The van der Waals surface area contributed by atoms with Crippen molar-refractivity contribution in [2.75, 3.05) is 13.2 Å². The Kier molecular flexibility index (Phi) is 9.94. The molecule has 3 aromatic rings. The molecule has 0 unspecified atom stereocenters. The molecule has 0 fully saturated rings. The molecule has 38 heavy (non-hydrogen) atoms. The summed E-state index contributed by atoms with van der Waals surface area (Å²) in [5.74, 6) is 3.59. The van der Waals surface area contributed by atoms with Crippen LogP contribution in [-0.2, 0) is 32.0 Å². The van der Waals surface area contributed by atoms with Crippen LogP contribution < -0.4 is 11.2 Å². The molecular weight excluding hydrogens is 488 g/mol. The first-order valence-corrected chi connectivity index (χ1v) is 12.0. The van der Waals surface area contributed by atoms with Crippen molar-refractivity contribution in [3.05, 3.63) is 104 Å². The van der Waals surface area contributed by atoms with E-state index in [9.17, 15) is 24.0 Å². The van der Waals surface area contributed by atoms with Gasteiger partial charge in [-0.2, -0.15) is 4.57 Å². The second-order valence-electron chi connectivity index (χ2n) is 8.55. The average molecular weight is 517 g/mol. The van der Waals surface area contributed by atoms with Gasteiger partial charge in [-0.15, -0.1) is 0 Å². The van der Waals surface area contributed by atoms with Crippen molar-refractivity contribution in [3.8, 4) is 11.8 Å². The lowest BCUT2D eigenvalue weighted by Crippen LogP contribution is -2.45. The Balaban J connectivity index is 1.97. The third-order valence-electron chi connectivity index (χ3n) is 5.56. The number of benzene rings is 2. The van der Waals surface area contributed by atoms with Crippen LogP contribution in [-0.4, -0.2) is 40.2 Å². The Labute approximate surface area is 219 Å². The van der Waals surface area contributed by atoms with Gasteiger partial charge in [-0.1, -0.05) is 60.4 Å². The summed E-state index contributed by atoms with van der Waals surface area (Å²) in [4.78, 5) is 62.2. The second-order valence-corrected chi connectivity index (χ2v) is 8.55. The summed E-state index contributed by atoms with van der Waals surface area (Å²) in [6.45, 7) is 2.53. The highest BCUT2D eigenvalue weighted by Crippen LogP contribution is 2.08. The van der Waals surface area contributed by atoms with E-state index < -0.39 is 35.0 Å². The van der Waals surface area contributed by atoms with Crippen LogP contribution in [0.25, 0.3) is 0 Å². The lowest BCUT2D eigenvalue weighted by atomic mass is 10.1. The maximum Gasteiger partial charge on any atom is 0.338 e.